The summed E-state index contributed by atoms with van der Waals surface area (Å²) in [6.45, 7) is 0.731. The first-order valence-electron chi connectivity index (χ1n) is 6.77. The van der Waals surface area contributed by atoms with Gasteiger partial charge in [0.1, 0.15) is 12.0 Å². The first-order chi connectivity index (χ1) is 9.99. The van der Waals surface area contributed by atoms with Crippen LogP contribution >= 0.6 is 11.6 Å². The second-order valence-corrected chi connectivity index (χ2v) is 5.44. The van der Waals surface area contributed by atoms with Gasteiger partial charge in [-0.05, 0) is 25.7 Å². The van der Waals surface area contributed by atoms with E-state index in [9.17, 15) is 14.9 Å². The molecule has 1 N–H and O–H groups in total. The Labute approximate surface area is 126 Å². The van der Waals surface area contributed by atoms with Gasteiger partial charge in [-0.3, -0.25) is 14.9 Å². The third kappa shape index (κ3) is 3.81. The number of pyridine rings is 1. The molecule has 1 aromatic rings. The number of anilines is 1. The number of aliphatic carboxylic acids is 1. The third-order valence-corrected chi connectivity index (χ3v) is 3.89. The van der Waals surface area contributed by atoms with Crippen LogP contribution in [0.4, 0.5) is 11.5 Å². The van der Waals surface area contributed by atoms with Crippen molar-refractivity contribution in [3.05, 3.63) is 27.4 Å². The first-order valence-corrected chi connectivity index (χ1v) is 7.15. The normalized spacial score (nSPS) is 18.5. The smallest absolute Gasteiger partial charge is 0.303 e. The zero-order valence-corrected chi connectivity index (χ0v) is 12.1. The van der Waals surface area contributed by atoms with E-state index in [2.05, 4.69) is 4.98 Å². The monoisotopic (exact) mass is 313 g/mol. The highest BCUT2D eigenvalue weighted by Gasteiger charge is 2.26. The molecule has 1 saturated heterocycles. The summed E-state index contributed by atoms with van der Waals surface area (Å²) in [5.74, 6) is -0.333. The lowest BCUT2D eigenvalue weighted by Gasteiger charge is -2.37. The summed E-state index contributed by atoms with van der Waals surface area (Å²) >= 11 is 6.11. The maximum atomic E-state index is 10.7. The number of halogens is 1. The Morgan fingerprint density at radius 2 is 2.33 bits per heavy atom. The van der Waals surface area contributed by atoms with E-state index < -0.39 is 10.9 Å². The average molecular weight is 314 g/mol. The topological polar surface area (TPSA) is 96.6 Å². The molecule has 0 bridgehead atoms. The van der Waals surface area contributed by atoms with Gasteiger partial charge in [0, 0.05) is 25.1 Å². The number of rotatable bonds is 5. The minimum atomic E-state index is -0.830. The molecule has 2 heterocycles. The molecule has 8 heteroatoms. The lowest BCUT2D eigenvalue weighted by Crippen LogP contribution is -2.40. The van der Waals surface area contributed by atoms with Gasteiger partial charge in [0.05, 0.1) is 9.95 Å². The molecule has 0 spiro atoms. The van der Waals surface area contributed by atoms with Crippen LogP contribution in [0.1, 0.15) is 32.1 Å². The molecule has 1 aromatic heterocycles. The Morgan fingerprint density at radius 3 is 2.95 bits per heavy atom. The van der Waals surface area contributed by atoms with Crippen LogP contribution in [0.15, 0.2) is 12.3 Å². The Bertz CT molecular complexity index is 552. The van der Waals surface area contributed by atoms with E-state index in [1.165, 1.54) is 12.3 Å². The highest BCUT2D eigenvalue weighted by atomic mass is 35.5. The van der Waals surface area contributed by atoms with Crippen molar-refractivity contribution < 1.29 is 14.8 Å². The number of carboxylic acid groups (broad SMARTS) is 1. The fraction of sp³-hybridized carbons (Fsp3) is 0.538. The number of carboxylic acids is 1. The summed E-state index contributed by atoms with van der Waals surface area (Å²) in [4.78, 5) is 27.0. The maximum absolute atomic E-state index is 10.7. The lowest BCUT2D eigenvalue weighted by molar-refractivity contribution is -0.385. The Balaban J connectivity index is 2.20. The highest BCUT2D eigenvalue weighted by molar-refractivity contribution is 6.33. The number of nitrogens with zero attached hydrogens (tertiary/aromatic N) is 3. The maximum Gasteiger partial charge on any atom is 0.303 e. The average Bonchev–Trinajstić information content (AvgIpc) is 2.45. The van der Waals surface area contributed by atoms with E-state index >= 15 is 0 Å². The van der Waals surface area contributed by atoms with Gasteiger partial charge in [-0.1, -0.05) is 11.6 Å². The SMILES string of the molecule is O=C(O)CCC1CCCCN1c1ncc([N+](=O)[O-])cc1Cl. The van der Waals surface area contributed by atoms with Gasteiger partial charge < -0.3 is 10.0 Å². The minimum absolute atomic E-state index is 0.0568. The van der Waals surface area contributed by atoms with Gasteiger partial charge in [-0.2, -0.15) is 0 Å². The largest absolute Gasteiger partial charge is 0.481 e. The third-order valence-electron chi connectivity index (χ3n) is 3.61. The number of carbonyl (C=O) groups is 1. The molecule has 0 aromatic carbocycles. The van der Waals surface area contributed by atoms with Crippen molar-refractivity contribution in [1.29, 1.82) is 0 Å². The van der Waals surface area contributed by atoms with Crippen LogP contribution in [0.3, 0.4) is 0 Å². The van der Waals surface area contributed by atoms with E-state index in [1.807, 2.05) is 4.90 Å². The van der Waals surface area contributed by atoms with E-state index in [0.29, 0.717) is 12.2 Å². The van der Waals surface area contributed by atoms with Crippen LogP contribution < -0.4 is 4.90 Å². The summed E-state index contributed by atoms with van der Waals surface area (Å²) in [5.41, 5.74) is -0.150. The molecule has 0 radical (unpaired) electrons. The van der Waals surface area contributed by atoms with Gasteiger partial charge in [-0.25, -0.2) is 4.98 Å². The van der Waals surface area contributed by atoms with Crippen LogP contribution in [-0.4, -0.2) is 33.6 Å². The number of hydrogen-bond donors (Lipinski definition) is 1. The summed E-state index contributed by atoms with van der Waals surface area (Å²) in [7, 11) is 0. The van der Waals surface area contributed by atoms with Gasteiger partial charge in [-0.15, -0.1) is 0 Å². The molecule has 7 nitrogen and oxygen atoms in total. The lowest BCUT2D eigenvalue weighted by atomic mass is 9.98. The van der Waals surface area contributed by atoms with Crippen LogP contribution in [0.5, 0.6) is 0 Å². The van der Waals surface area contributed by atoms with Crippen LogP contribution in [0, 0.1) is 10.1 Å². The fourth-order valence-corrected chi connectivity index (χ4v) is 2.87. The minimum Gasteiger partial charge on any atom is -0.481 e. The molecule has 114 valence electrons. The van der Waals surface area contributed by atoms with Crippen molar-refractivity contribution in [2.45, 2.75) is 38.1 Å². The summed E-state index contributed by atoms with van der Waals surface area (Å²) in [6.07, 6.45) is 4.67. The molecule has 0 aliphatic carbocycles. The van der Waals surface area contributed by atoms with Crippen molar-refractivity contribution in [2.75, 3.05) is 11.4 Å². The van der Waals surface area contributed by atoms with Crippen molar-refractivity contribution in [3.8, 4) is 0 Å². The standard InChI is InChI=1S/C13H16ClN3O4/c14-11-7-10(17(20)21)8-15-13(11)16-6-2-1-3-9(16)4-5-12(18)19/h7-9H,1-6H2,(H,18,19). The van der Waals surface area contributed by atoms with Crippen molar-refractivity contribution >= 4 is 29.1 Å². The Morgan fingerprint density at radius 1 is 1.57 bits per heavy atom. The summed E-state index contributed by atoms with van der Waals surface area (Å²) in [6, 6.07) is 1.34. The van der Waals surface area contributed by atoms with Crippen LogP contribution in [-0.2, 0) is 4.79 Å². The molecule has 1 atom stereocenters. The molecule has 0 saturated carbocycles. The zero-order chi connectivity index (χ0) is 15.4. The molecular formula is C13H16ClN3O4. The zero-order valence-electron chi connectivity index (χ0n) is 11.4. The summed E-state index contributed by atoms with van der Waals surface area (Å²) < 4.78 is 0. The molecular weight excluding hydrogens is 298 g/mol. The molecule has 21 heavy (non-hydrogen) atoms. The second-order valence-electron chi connectivity index (χ2n) is 5.03. The molecule has 1 aliphatic heterocycles. The van der Waals surface area contributed by atoms with Gasteiger partial charge in [0.15, 0.2) is 0 Å². The van der Waals surface area contributed by atoms with E-state index in [4.69, 9.17) is 16.7 Å². The first kappa shape index (κ1) is 15.5. The summed E-state index contributed by atoms with van der Waals surface area (Å²) in [5, 5.41) is 19.8. The van der Waals surface area contributed by atoms with Gasteiger partial charge >= 0.3 is 5.97 Å². The second kappa shape index (κ2) is 6.71. The predicted octanol–water partition coefficient (Wildman–Crippen LogP) is 2.87. The Kier molecular flexibility index (Phi) is 4.95. The van der Waals surface area contributed by atoms with Crippen molar-refractivity contribution in [1.82, 2.24) is 4.98 Å². The fourth-order valence-electron chi connectivity index (χ4n) is 2.60. The predicted molar refractivity (Wildman–Crippen MR) is 77.8 cm³/mol. The van der Waals surface area contributed by atoms with E-state index in [0.717, 1.165) is 25.8 Å². The number of nitro groups is 1. The van der Waals surface area contributed by atoms with Gasteiger partial charge in [0.25, 0.3) is 5.69 Å². The van der Waals surface area contributed by atoms with E-state index in [-0.39, 0.29) is 23.2 Å². The van der Waals surface area contributed by atoms with Crippen LogP contribution in [0.25, 0.3) is 0 Å². The van der Waals surface area contributed by atoms with Crippen molar-refractivity contribution in [2.24, 2.45) is 0 Å². The number of aromatic nitrogens is 1. The molecule has 1 fully saturated rings. The number of hydrogen-bond acceptors (Lipinski definition) is 5. The van der Waals surface area contributed by atoms with E-state index in [1.54, 1.807) is 0 Å². The number of piperidine rings is 1. The molecule has 0 amide bonds. The molecule has 1 aliphatic rings. The van der Waals surface area contributed by atoms with Crippen molar-refractivity contribution in [3.63, 3.8) is 0 Å². The Hall–Kier alpha value is -1.89. The molecule has 2 rings (SSSR count). The van der Waals surface area contributed by atoms with Gasteiger partial charge in [0.2, 0.25) is 0 Å². The quantitative estimate of drug-likeness (QED) is 0.663. The molecule has 1 unspecified atom stereocenters. The highest BCUT2D eigenvalue weighted by Crippen LogP contribution is 2.32. The van der Waals surface area contributed by atoms with Crippen LogP contribution in [0.2, 0.25) is 5.02 Å².